The van der Waals surface area contributed by atoms with Crippen molar-refractivity contribution in [3.63, 3.8) is 0 Å². The molecule has 0 unspecified atom stereocenters. The highest BCUT2D eigenvalue weighted by Crippen LogP contribution is 2.32. The van der Waals surface area contributed by atoms with E-state index >= 15 is 0 Å². The minimum Gasteiger partial charge on any atom is -0.506 e. The molecule has 0 saturated heterocycles. The van der Waals surface area contributed by atoms with Crippen LogP contribution in [0.2, 0.25) is 0 Å². The Morgan fingerprint density at radius 2 is 1.92 bits per heavy atom. The van der Waals surface area contributed by atoms with Crippen molar-refractivity contribution in [1.82, 2.24) is 5.43 Å². The molecule has 0 heterocycles. The van der Waals surface area contributed by atoms with Gasteiger partial charge in [0.2, 0.25) is 5.91 Å². The van der Waals surface area contributed by atoms with Gasteiger partial charge in [-0.15, -0.1) is 0 Å². The third kappa shape index (κ3) is 4.62. The van der Waals surface area contributed by atoms with Crippen molar-refractivity contribution in [1.29, 1.82) is 0 Å². The highest BCUT2D eigenvalue weighted by Gasteiger charge is 2.15. The van der Waals surface area contributed by atoms with Gasteiger partial charge in [0.25, 0.3) is 5.69 Å². The molecule has 0 aliphatic rings. The summed E-state index contributed by atoms with van der Waals surface area (Å²) < 4.78 is 0.953. The molecule has 0 radical (unpaired) electrons. The Hall–Kier alpha value is -2.26. The van der Waals surface area contributed by atoms with Crippen LogP contribution in [0.25, 0.3) is 0 Å². The number of nitrogens with zero attached hydrogens (tertiary/aromatic N) is 2. The molecule has 0 aliphatic heterocycles. The van der Waals surface area contributed by atoms with E-state index in [4.69, 9.17) is 0 Å². The number of hydrazone groups is 1. The van der Waals surface area contributed by atoms with Crippen LogP contribution in [0.1, 0.15) is 11.1 Å². The molecule has 2 aromatic rings. The molecule has 0 fully saturated rings. The molecule has 0 bridgehead atoms. The van der Waals surface area contributed by atoms with Gasteiger partial charge in [-0.1, -0.05) is 18.2 Å². The summed E-state index contributed by atoms with van der Waals surface area (Å²) in [6.45, 7) is 0. The van der Waals surface area contributed by atoms with Crippen LogP contribution in [0.3, 0.4) is 0 Å². The molecular formula is C15H11Br2N3O4. The number of benzene rings is 2. The lowest BCUT2D eigenvalue weighted by atomic mass is 10.1. The van der Waals surface area contributed by atoms with E-state index < -0.39 is 10.8 Å². The second-order valence-corrected chi connectivity index (χ2v) is 6.40. The molecule has 0 aromatic heterocycles. The van der Waals surface area contributed by atoms with Crippen molar-refractivity contribution in [2.45, 2.75) is 6.42 Å². The summed E-state index contributed by atoms with van der Waals surface area (Å²) in [4.78, 5) is 22.2. The zero-order chi connectivity index (χ0) is 17.7. The maximum atomic E-state index is 11.9. The fraction of sp³-hybridized carbons (Fsp3) is 0.0667. The number of aromatic hydroxyl groups is 1. The first-order valence-electron chi connectivity index (χ1n) is 6.60. The van der Waals surface area contributed by atoms with Gasteiger partial charge in [0.05, 0.1) is 26.5 Å². The molecule has 1 amide bonds. The van der Waals surface area contributed by atoms with Crippen LogP contribution < -0.4 is 5.43 Å². The van der Waals surface area contributed by atoms with Gasteiger partial charge >= 0.3 is 0 Å². The zero-order valence-electron chi connectivity index (χ0n) is 12.1. The van der Waals surface area contributed by atoms with Crippen LogP contribution in [-0.2, 0) is 11.2 Å². The maximum Gasteiger partial charge on any atom is 0.273 e. The molecular weight excluding hydrogens is 446 g/mol. The van der Waals surface area contributed by atoms with Gasteiger partial charge in [-0.05, 0) is 49.6 Å². The number of phenolic OH excluding ortho intramolecular Hbond substituents is 1. The first kappa shape index (κ1) is 18.1. The predicted molar refractivity (Wildman–Crippen MR) is 96.0 cm³/mol. The highest BCUT2D eigenvalue weighted by molar-refractivity contribution is 9.11. The number of nitrogens with one attached hydrogen (secondary N) is 1. The second kappa shape index (κ2) is 8.02. The van der Waals surface area contributed by atoms with Crippen LogP contribution in [0.4, 0.5) is 5.69 Å². The number of nitro groups is 1. The summed E-state index contributed by atoms with van der Waals surface area (Å²) in [5.74, 6) is -0.412. The van der Waals surface area contributed by atoms with Crippen molar-refractivity contribution >= 4 is 49.7 Å². The van der Waals surface area contributed by atoms with E-state index in [0.717, 1.165) is 0 Å². The van der Waals surface area contributed by atoms with Gasteiger partial charge in [-0.3, -0.25) is 14.9 Å². The summed E-state index contributed by atoms with van der Waals surface area (Å²) in [6, 6.07) is 9.28. The Kier molecular flexibility index (Phi) is 6.04. The number of halogens is 2. The maximum absolute atomic E-state index is 11.9. The molecule has 124 valence electrons. The number of nitro benzene ring substituents is 1. The number of carbonyl (C=O) groups excluding carboxylic acids is 1. The van der Waals surface area contributed by atoms with Crippen LogP contribution in [0.15, 0.2) is 50.4 Å². The number of hydrogen-bond donors (Lipinski definition) is 2. The van der Waals surface area contributed by atoms with Gasteiger partial charge in [-0.2, -0.15) is 5.10 Å². The van der Waals surface area contributed by atoms with Crippen molar-refractivity contribution in [2.24, 2.45) is 5.10 Å². The van der Waals surface area contributed by atoms with Crippen LogP contribution >= 0.6 is 31.9 Å². The number of para-hydroxylation sites is 1. The molecule has 24 heavy (non-hydrogen) atoms. The third-order valence-electron chi connectivity index (χ3n) is 2.98. The molecule has 7 nitrogen and oxygen atoms in total. The topological polar surface area (TPSA) is 105 Å². The number of hydrogen-bond acceptors (Lipinski definition) is 5. The summed E-state index contributed by atoms with van der Waals surface area (Å²) in [6.07, 6.45) is 1.24. The average molecular weight is 457 g/mol. The lowest BCUT2D eigenvalue weighted by Gasteiger charge is -2.03. The van der Waals surface area contributed by atoms with E-state index in [1.165, 1.54) is 24.4 Å². The monoisotopic (exact) mass is 455 g/mol. The molecule has 0 saturated carbocycles. The van der Waals surface area contributed by atoms with Crippen LogP contribution in [-0.4, -0.2) is 22.2 Å². The number of rotatable bonds is 5. The summed E-state index contributed by atoms with van der Waals surface area (Å²) >= 11 is 6.38. The van der Waals surface area contributed by atoms with E-state index in [1.807, 2.05) is 0 Å². The standard InChI is InChI=1S/C15H11Br2N3O4/c16-11-5-9(6-12(17)15(11)22)8-18-19-14(21)7-10-3-1-2-4-13(10)20(23)24/h1-6,8,22H,7H2,(H,19,21)/b18-8+. The van der Waals surface area contributed by atoms with Crippen molar-refractivity contribution in [3.8, 4) is 5.75 Å². The Labute approximate surface area is 153 Å². The lowest BCUT2D eigenvalue weighted by Crippen LogP contribution is -2.20. The molecule has 2 rings (SSSR count). The summed E-state index contributed by atoms with van der Waals surface area (Å²) in [7, 11) is 0. The van der Waals surface area contributed by atoms with E-state index in [0.29, 0.717) is 20.1 Å². The lowest BCUT2D eigenvalue weighted by molar-refractivity contribution is -0.385. The molecule has 2 aromatic carbocycles. The van der Waals surface area contributed by atoms with Gasteiger partial charge in [0.1, 0.15) is 5.75 Å². The summed E-state index contributed by atoms with van der Waals surface area (Å²) in [5.41, 5.74) is 3.15. The first-order chi connectivity index (χ1) is 11.4. The predicted octanol–water partition coefficient (Wildman–Crippen LogP) is 3.52. The SMILES string of the molecule is O=C(Cc1ccccc1[N+](=O)[O-])N/N=C/c1cc(Br)c(O)c(Br)c1. The minimum absolute atomic E-state index is 0.0626. The van der Waals surface area contributed by atoms with Crippen molar-refractivity contribution < 1.29 is 14.8 Å². The summed E-state index contributed by atoms with van der Waals surface area (Å²) in [5, 5.41) is 24.3. The smallest absolute Gasteiger partial charge is 0.273 e. The highest BCUT2D eigenvalue weighted by atomic mass is 79.9. The Morgan fingerprint density at radius 1 is 1.29 bits per heavy atom. The normalized spacial score (nSPS) is 10.8. The average Bonchev–Trinajstić information content (AvgIpc) is 2.52. The van der Waals surface area contributed by atoms with Crippen molar-refractivity contribution in [2.75, 3.05) is 0 Å². The van der Waals surface area contributed by atoms with Gasteiger partial charge < -0.3 is 5.11 Å². The third-order valence-corrected chi connectivity index (χ3v) is 4.19. The first-order valence-corrected chi connectivity index (χ1v) is 8.19. The number of phenols is 1. The van der Waals surface area contributed by atoms with E-state index in [1.54, 1.807) is 18.2 Å². The van der Waals surface area contributed by atoms with E-state index in [-0.39, 0.29) is 17.9 Å². The Morgan fingerprint density at radius 3 is 2.54 bits per heavy atom. The van der Waals surface area contributed by atoms with Gasteiger partial charge in [-0.25, -0.2) is 5.43 Å². The number of carbonyl (C=O) groups is 1. The minimum atomic E-state index is -0.530. The molecule has 0 spiro atoms. The molecule has 0 aliphatic carbocycles. The Balaban J connectivity index is 2.03. The van der Waals surface area contributed by atoms with Gasteiger partial charge in [0.15, 0.2) is 0 Å². The van der Waals surface area contributed by atoms with Crippen molar-refractivity contribution in [3.05, 3.63) is 66.6 Å². The van der Waals surface area contributed by atoms with E-state index in [2.05, 4.69) is 42.4 Å². The molecule has 0 atom stereocenters. The molecule has 2 N–H and O–H groups in total. The Bertz CT molecular complexity index is 801. The van der Waals surface area contributed by atoms with Crippen LogP contribution in [0, 0.1) is 10.1 Å². The largest absolute Gasteiger partial charge is 0.506 e. The fourth-order valence-corrected chi connectivity index (χ4v) is 3.11. The second-order valence-electron chi connectivity index (χ2n) is 4.69. The van der Waals surface area contributed by atoms with Crippen LogP contribution in [0.5, 0.6) is 5.75 Å². The zero-order valence-corrected chi connectivity index (χ0v) is 15.2. The number of amides is 1. The quantitative estimate of drug-likeness (QED) is 0.408. The van der Waals surface area contributed by atoms with E-state index in [9.17, 15) is 20.0 Å². The molecule has 9 heteroatoms. The fourth-order valence-electron chi connectivity index (χ4n) is 1.89. The van der Waals surface area contributed by atoms with Gasteiger partial charge in [0, 0.05) is 11.6 Å².